The molecule has 0 aliphatic rings. The van der Waals surface area contributed by atoms with Crippen LogP contribution in [-0.2, 0) is 11.2 Å². The van der Waals surface area contributed by atoms with E-state index in [4.69, 9.17) is 0 Å². The van der Waals surface area contributed by atoms with Gasteiger partial charge in [0, 0.05) is 6.42 Å². The minimum absolute atomic E-state index is 0.0394. The summed E-state index contributed by atoms with van der Waals surface area (Å²) in [6, 6.07) is 5.23. The molecule has 0 radical (unpaired) electrons. The molecule has 0 saturated heterocycles. The highest BCUT2D eigenvalue weighted by molar-refractivity contribution is 5.90. The molecule has 1 aromatic carbocycles. The van der Waals surface area contributed by atoms with Gasteiger partial charge in [0.25, 0.3) is 5.69 Å². The number of aromatic amines is 1. The number of aromatic nitrogens is 1. The van der Waals surface area contributed by atoms with Gasteiger partial charge < -0.3 is 4.98 Å². The zero-order chi connectivity index (χ0) is 11.7. The predicted octanol–water partition coefficient (Wildman–Crippen LogP) is 2.21. The van der Waals surface area contributed by atoms with Gasteiger partial charge in [-0.25, -0.2) is 0 Å². The molecule has 16 heavy (non-hydrogen) atoms. The first kappa shape index (κ1) is 10.4. The van der Waals surface area contributed by atoms with Gasteiger partial charge in [-0.15, -0.1) is 0 Å². The van der Waals surface area contributed by atoms with Gasteiger partial charge in [0.15, 0.2) is 0 Å². The van der Waals surface area contributed by atoms with Crippen molar-refractivity contribution in [2.75, 3.05) is 0 Å². The van der Waals surface area contributed by atoms with E-state index in [-0.39, 0.29) is 11.5 Å². The van der Waals surface area contributed by atoms with Crippen LogP contribution in [-0.4, -0.2) is 15.7 Å². The van der Waals surface area contributed by atoms with Gasteiger partial charge in [-0.05, 0) is 24.6 Å². The minimum atomic E-state index is -0.434. The summed E-state index contributed by atoms with van der Waals surface area (Å²) in [6.45, 7) is 1.50. The number of fused-ring (bicyclic) bond motifs is 1. The lowest BCUT2D eigenvalue weighted by Gasteiger charge is -1.97. The van der Waals surface area contributed by atoms with Crippen LogP contribution < -0.4 is 0 Å². The normalized spacial score (nSPS) is 10.6. The molecule has 0 bridgehead atoms. The molecule has 0 atom stereocenters. The molecule has 0 aliphatic heterocycles. The van der Waals surface area contributed by atoms with E-state index < -0.39 is 4.92 Å². The third kappa shape index (κ3) is 1.79. The highest BCUT2D eigenvalue weighted by Crippen LogP contribution is 2.26. The smallest absolute Gasteiger partial charge is 0.294 e. The molecule has 2 aromatic rings. The van der Waals surface area contributed by atoms with Crippen LogP contribution in [0.2, 0.25) is 0 Å². The molecule has 5 nitrogen and oxygen atoms in total. The Morgan fingerprint density at radius 2 is 2.25 bits per heavy atom. The fourth-order valence-corrected chi connectivity index (χ4v) is 1.70. The standard InChI is InChI=1S/C11H10N2O3/c1-7(14)4-8-2-3-10-9(5-8)11(6-12-10)13(15)16/h2-3,5-6,12H,4H2,1H3. The second-order valence-electron chi connectivity index (χ2n) is 3.69. The second-order valence-corrected chi connectivity index (χ2v) is 3.69. The summed E-state index contributed by atoms with van der Waals surface area (Å²) >= 11 is 0. The molecule has 0 amide bonds. The maximum atomic E-state index is 11.0. The Hall–Kier alpha value is -2.17. The number of nitrogens with zero attached hydrogens (tertiary/aromatic N) is 1. The number of hydrogen-bond acceptors (Lipinski definition) is 3. The number of nitro groups is 1. The number of carbonyl (C=O) groups excluding carboxylic acids is 1. The first-order chi connectivity index (χ1) is 7.58. The third-order valence-electron chi connectivity index (χ3n) is 2.37. The average molecular weight is 218 g/mol. The molecule has 1 aromatic heterocycles. The van der Waals surface area contributed by atoms with Crippen LogP contribution in [0, 0.1) is 10.1 Å². The fraction of sp³-hybridized carbons (Fsp3) is 0.182. The lowest BCUT2D eigenvalue weighted by molar-refractivity contribution is -0.383. The van der Waals surface area contributed by atoms with Gasteiger partial charge in [0.05, 0.1) is 22.0 Å². The second kappa shape index (κ2) is 3.77. The lowest BCUT2D eigenvalue weighted by Crippen LogP contribution is -1.95. The van der Waals surface area contributed by atoms with E-state index in [1.54, 1.807) is 18.2 Å². The number of Topliss-reactive ketones (excluding diaryl/α,β-unsaturated/α-hetero) is 1. The molecular formula is C11H10N2O3. The van der Waals surface area contributed by atoms with Crippen molar-refractivity contribution in [3.8, 4) is 0 Å². The first-order valence-electron chi connectivity index (χ1n) is 4.82. The van der Waals surface area contributed by atoms with Crippen molar-refractivity contribution in [1.82, 2.24) is 4.98 Å². The average Bonchev–Trinajstić information content (AvgIpc) is 2.59. The number of hydrogen-bond donors (Lipinski definition) is 1. The number of nitrogens with one attached hydrogen (secondary N) is 1. The lowest BCUT2D eigenvalue weighted by atomic mass is 10.1. The largest absolute Gasteiger partial charge is 0.355 e. The summed E-state index contributed by atoms with van der Waals surface area (Å²) in [5.74, 6) is 0.0394. The molecule has 5 heteroatoms. The van der Waals surface area contributed by atoms with Crippen molar-refractivity contribution in [1.29, 1.82) is 0 Å². The van der Waals surface area contributed by atoms with Gasteiger partial charge in [0.1, 0.15) is 5.78 Å². The Bertz CT molecular complexity index is 572. The van der Waals surface area contributed by atoms with Gasteiger partial charge in [-0.2, -0.15) is 0 Å². The number of carbonyl (C=O) groups is 1. The molecule has 2 rings (SSSR count). The van der Waals surface area contributed by atoms with E-state index >= 15 is 0 Å². The predicted molar refractivity (Wildman–Crippen MR) is 59.3 cm³/mol. The highest BCUT2D eigenvalue weighted by Gasteiger charge is 2.14. The number of benzene rings is 1. The van der Waals surface area contributed by atoms with Crippen molar-refractivity contribution in [2.24, 2.45) is 0 Å². The van der Waals surface area contributed by atoms with Crippen LogP contribution in [0.15, 0.2) is 24.4 Å². The van der Waals surface area contributed by atoms with Crippen LogP contribution in [0.25, 0.3) is 10.9 Å². The quantitative estimate of drug-likeness (QED) is 0.633. The maximum Gasteiger partial charge on any atom is 0.294 e. The molecule has 1 N–H and O–H groups in total. The van der Waals surface area contributed by atoms with Crippen molar-refractivity contribution in [3.63, 3.8) is 0 Å². The zero-order valence-electron chi connectivity index (χ0n) is 8.69. The Labute approximate surface area is 91.2 Å². The Morgan fingerprint density at radius 3 is 2.88 bits per heavy atom. The summed E-state index contributed by atoms with van der Waals surface area (Å²) in [4.78, 5) is 24.1. The molecule has 0 aliphatic carbocycles. The summed E-state index contributed by atoms with van der Waals surface area (Å²) in [7, 11) is 0. The summed E-state index contributed by atoms with van der Waals surface area (Å²) in [6.07, 6.45) is 1.67. The van der Waals surface area contributed by atoms with Crippen molar-refractivity contribution >= 4 is 22.4 Å². The Kier molecular flexibility index (Phi) is 2.44. The fourth-order valence-electron chi connectivity index (χ4n) is 1.70. The van der Waals surface area contributed by atoms with Crippen LogP contribution in [0.4, 0.5) is 5.69 Å². The van der Waals surface area contributed by atoms with Gasteiger partial charge in [0.2, 0.25) is 0 Å². The number of rotatable bonds is 3. The highest BCUT2D eigenvalue weighted by atomic mass is 16.6. The van der Waals surface area contributed by atoms with E-state index in [2.05, 4.69) is 4.98 Å². The SMILES string of the molecule is CC(=O)Cc1ccc2[nH]cc([N+](=O)[O-])c2c1. The number of ketones is 1. The van der Waals surface area contributed by atoms with Crippen LogP contribution in [0.5, 0.6) is 0 Å². The van der Waals surface area contributed by atoms with Crippen molar-refractivity contribution < 1.29 is 9.72 Å². The summed E-state index contributed by atoms with van der Waals surface area (Å²) < 4.78 is 0. The molecule has 1 heterocycles. The van der Waals surface area contributed by atoms with Crippen molar-refractivity contribution in [3.05, 3.63) is 40.1 Å². The Balaban J connectivity index is 2.54. The molecule has 82 valence electrons. The minimum Gasteiger partial charge on any atom is -0.355 e. The van der Waals surface area contributed by atoms with E-state index in [0.29, 0.717) is 17.3 Å². The molecule has 0 spiro atoms. The van der Waals surface area contributed by atoms with E-state index in [1.165, 1.54) is 13.1 Å². The van der Waals surface area contributed by atoms with Gasteiger partial charge in [-0.1, -0.05) is 6.07 Å². The maximum absolute atomic E-state index is 11.0. The summed E-state index contributed by atoms with van der Waals surface area (Å²) in [5.41, 5.74) is 1.54. The van der Waals surface area contributed by atoms with Crippen LogP contribution in [0.3, 0.4) is 0 Å². The first-order valence-corrected chi connectivity index (χ1v) is 4.82. The molecule has 0 unspecified atom stereocenters. The van der Waals surface area contributed by atoms with Crippen molar-refractivity contribution in [2.45, 2.75) is 13.3 Å². The van der Waals surface area contributed by atoms with Gasteiger partial charge >= 0.3 is 0 Å². The molecular weight excluding hydrogens is 208 g/mol. The molecule has 0 fully saturated rings. The van der Waals surface area contributed by atoms with Crippen LogP contribution >= 0.6 is 0 Å². The van der Waals surface area contributed by atoms with E-state index in [1.807, 2.05) is 0 Å². The molecule has 0 saturated carbocycles. The zero-order valence-corrected chi connectivity index (χ0v) is 8.69. The third-order valence-corrected chi connectivity index (χ3v) is 2.37. The summed E-state index contributed by atoms with van der Waals surface area (Å²) in [5, 5.41) is 11.3. The number of H-pyrrole nitrogens is 1. The van der Waals surface area contributed by atoms with Gasteiger partial charge in [-0.3, -0.25) is 14.9 Å². The topological polar surface area (TPSA) is 76.0 Å². The van der Waals surface area contributed by atoms with E-state index in [0.717, 1.165) is 5.56 Å². The Morgan fingerprint density at radius 1 is 1.50 bits per heavy atom. The monoisotopic (exact) mass is 218 g/mol. The van der Waals surface area contributed by atoms with E-state index in [9.17, 15) is 14.9 Å². The van der Waals surface area contributed by atoms with Crippen LogP contribution in [0.1, 0.15) is 12.5 Å².